The fourth-order valence-electron chi connectivity index (χ4n) is 4.10. The molecule has 7 heteroatoms. The molecule has 0 aliphatic heterocycles. The Morgan fingerprint density at radius 2 is 1.84 bits per heavy atom. The van der Waals surface area contributed by atoms with E-state index in [1.807, 2.05) is 26.8 Å². The smallest absolute Gasteiger partial charge is 0.247 e. The number of carbonyl (C=O) groups excluding carboxylic acids is 2. The summed E-state index contributed by atoms with van der Waals surface area (Å²) in [6.45, 7) is 6.31. The van der Waals surface area contributed by atoms with E-state index in [1.54, 1.807) is 24.1 Å². The summed E-state index contributed by atoms with van der Waals surface area (Å²) in [4.78, 5) is 27.8. The molecule has 1 aromatic rings. The Morgan fingerprint density at radius 1 is 1.16 bits per heavy atom. The van der Waals surface area contributed by atoms with E-state index in [9.17, 15) is 9.59 Å². The Kier molecular flexibility index (Phi) is 10.4. The predicted octanol–water partition coefficient (Wildman–Crippen LogP) is 4.84. The van der Waals surface area contributed by atoms with Crippen LogP contribution in [0, 0.1) is 0 Å². The number of benzene rings is 1. The van der Waals surface area contributed by atoms with Crippen LogP contribution in [0.25, 0.3) is 0 Å². The number of nitrogens with one attached hydrogen (secondary N) is 1. The van der Waals surface area contributed by atoms with Gasteiger partial charge in [-0.05, 0) is 50.8 Å². The lowest BCUT2D eigenvalue weighted by atomic mass is 10.0. The average molecular weight is 453 g/mol. The van der Waals surface area contributed by atoms with Crippen molar-refractivity contribution in [1.29, 1.82) is 0 Å². The second kappa shape index (κ2) is 12.8. The minimum absolute atomic E-state index is 0.0106. The summed E-state index contributed by atoms with van der Waals surface area (Å²) in [5.74, 6) is 0.548. The Balaban J connectivity index is 2.40. The van der Waals surface area contributed by atoms with Crippen LogP contribution in [0.1, 0.15) is 77.3 Å². The molecule has 1 atom stereocenters. The van der Waals surface area contributed by atoms with Crippen LogP contribution in [-0.4, -0.2) is 48.4 Å². The molecule has 1 N–H and O–H groups in total. The maximum Gasteiger partial charge on any atom is 0.247 e. The highest BCUT2D eigenvalue weighted by atomic mass is 35.5. The zero-order valence-electron chi connectivity index (χ0n) is 19.3. The molecule has 2 rings (SSSR count). The van der Waals surface area contributed by atoms with Crippen molar-refractivity contribution in [3.63, 3.8) is 0 Å². The Bertz CT molecular complexity index is 718. The van der Waals surface area contributed by atoms with E-state index in [4.69, 9.17) is 21.1 Å². The molecule has 0 spiro atoms. The van der Waals surface area contributed by atoms with Crippen molar-refractivity contribution in [1.82, 2.24) is 10.2 Å². The van der Waals surface area contributed by atoms with Crippen LogP contribution in [0.2, 0.25) is 0 Å². The van der Waals surface area contributed by atoms with Gasteiger partial charge in [0.2, 0.25) is 11.8 Å². The Hall–Kier alpha value is -1.95. The third-order valence-corrected chi connectivity index (χ3v) is 5.76. The number of hydrogen-bond acceptors (Lipinski definition) is 4. The normalized spacial score (nSPS) is 15.8. The first kappa shape index (κ1) is 25.3. The Labute approximate surface area is 191 Å². The molecule has 0 radical (unpaired) electrons. The molecule has 0 aromatic heterocycles. The van der Waals surface area contributed by atoms with Crippen LogP contribution in [0.4, 0.5) is 0 Å². The van der Waals surface area contributed by atoms with Gasteiger partial charge in [-0.3, -0.25) is 9.59 Å². The first-order chi connectivity index (χ1) is 14.9. The summed E-state index contributed by atoms with van der Waals surface area (Å²) in [5, 5.41) is 3.21. The van der Waals surface area contributed by atoms with E-state index < -0.39 is 6.04 Å². The lowest BCUT2D eigenvalue weighted by Gasteiger charge is -2.32. The maximum absolute atomic E-state index is 13.5. The van der Waals surface area contributed by atoms with E-state index in [0.29, 0.717) is 23.6 Å². The zero-order chi connectivity index (χ0) is 22.8. The van der Waals surface area contributed by atoms with E-state index in [0.717, 1.165) is 32.1 Å². The van der Waals surface area contributed by atoms with E-state index in [1.165, 1.54) is 12.8 Å². The first-order valence-electron chi connectivity index (χ1n) is 11.4. The molecule has 174 valence electrons. The number of halogens is 1. The molecule has 31 heavy (non-hydrogen) atoms. The number of carbonyl (C=O) groups is 2. The van der Waals surface area contributed by atoms with Gasteiger partial charge in [0, 0.05) is 12.6 Å². The van der Waals surface area contributed by atoms with Crippen LogP contribution in [0.15, 0.2) is 18.2 Å². The molecule has 0 saturated heterocycles. The summed E-state index contributed by atoms with van der Waals surface area (Å²) in [5.41, 5.74) is 0.686. The van der Waals surface area contributed by atoms with E-state index in [2.05, 4.69) is 5.32 Å². The minimum Gasteiger partial charge on any atom is -0.493 e. The molecule has 2 amide bonds. The number of alkyl halides is 1. The van der Waals surface area contributed by atoms with Crippen LogP contribution in [0.5, 0.6) is 11.5 Å². The highest BCUT2D eigenvalue weighted by Crippen LogP contribution is 2.33. The molecule has 0 bridgehead atoms. The summed E-state index contributed by atoms with van der Waals surface area (Å²) < 4.78 is 11.3. The van der Waals surface area contributed by atoms with E-state index >= 15 is 0 Å². The van der Waals surface area contributed by atoms with Gasteiger partial charge in [-0.25, -0.2) is 0 Å². The van der Waals surface area contributed by atoms with Gasteiger partial charge in [-0.15, -0.1) is 11.6 Å². The molecular weight excluding hydrogens is 416 g/mol. The SMILES string of the molecule is CCCN(C(=O)CCl)C(C(=O)NC1CCCCCC1)c1ccc(OC(C)C)c(OC)c1. The van der Waals surface area contributed by atoms with E-state index in [-0.39, 0.29) is 29.8 Å². The number of hydrogen-bond donors (Lipinski definition) is 1. The summed E-state index contributed by atoms with van der Waals surface area (Å²) >= 11 is 5.91. The highest BCUT2D eigenvalue weighted by Gasteiger charge is 2.32. The van der Waals surface area contributed by atoms with Gasteiger partial charge in [0.05, 0.1) is 13.2 Å². The number of rotatable bonds is 10. The zero-order valence-corrected chi connectivity index (χ0v) is 20.0. The van der Waals surface area contributed by atoms with Gasteiger partial charge in [-0.1, -0.05) is 38.7 Å². The second-order valence-corrected chi connectivity index (χ2v) is 8.66. The number of amides is 2. The van der Waals surface area contributed by atoms with Gasteiger partial charge in [-0.2, -0.15) is 0 Å². The lowest BCUT2D eigenvalue weighted by molar-refractivity contribution is -0.139. The maximum atomic E-state index is 13.5. The quantitative estimate of drug-likeness (QED) is 0.407. The largest absolute Gasteiger partial charge is 0.493 e. The average Bonchev–Trinajstić information content (AvgIpc) is 3.01. The predicted molar refractivity (Wildman–Crippen MR) is 124 cm³/mol. The van der Waals surface area contributed by atoms with Gasteiger partial charge >= 0.3 is 0 Å². The van der Waals surface area contributed by atoms with Crippen molar-refractivity contribution in [3.05, 3.63) is 23.8 Å². The fraction of sp³-hybridized carbons (Fsp3) is 0.667. The molecule has 1 unspecified atom stereocenters. The molecule has 1 aliphatic carbocycles. The number of ether oxygens (including phenoxy) is 2. The topological polar surface area (TPSA) is 67.9 Å². The monoisotopic (exact) mass is 452 g/mol. The summed E-state index contributed by atoms with van der Waals surface area (Å²) in [7, 11) is 1.57. The number of nitrogens with zero attached hydrogens (tertiary/aromatic N) is 1. The van der Waals surface area contributed by atoms with Crippen LogP contribution in [-0.2, 0) is 9.59 Å². The molecule has 6 nitrogen and oxygen atoms in total. The molecule has 1 fully saturated rings. The van der Waals surface area contributed by atoms with Crippen LogP contribution in [0.3, 0.4) is 0 Å². The van der Waals surface area contributed by atoms with Crippen molar-refractivity contribution < 1.29 is 19.1 Å². The lowest BCUT2D eigenvalue weighted by Crippen LogP contribution is -2.47. The van der Waals surface area contributed by atoms with Gasteiger partial charge in [0.25, 0.3) is 0 Å². The molecule has 1 aliphatic rings. The highest BCUT2D eigenvalue weighted by molar-refractivity contribution is 6.27. The van der Waals surface area contributed by atoms with Crippen LogP contribution < -0.4 is 14.8 Å². The first-order valence-corrected chi connectivity index (χ1v) is 11.9. The molecule has 0 heterocycles. The standard InChI is InChI=1S/C24H37ClN2O4/c1-5-14-27(22(28)16-25)23(24(29)26-19-10-8-6-7-9-11-19)18-12-13-20(31-17(2)3)21(15-18)30-4/h12-13,15,17,19,23H,5-11,14,16H2,1-4H3,(H,26,29). The Morgan fingerprint density at radius 3 is 2.39 bits per heavy atom. The second-order valence-electron chi connectivity index (χ2n) is 8.40. The molecular formula is C24H37ClN2O4. The molecule has 1 aromatic carbocycles. The van der Waals surface area contributed by atoms with Crippen LogP contribution >= 0.6 is 11.6 Å². The van der Waals surface area contributed by atoms with Crippen molar-refractivity contribution in [2.75, 3.05) is 19.5 Å². The summed E-state index contributed by atoms with van der Waals surface area (Å²) in [6, 6.07) is 4.80. The minimum atomic E-state index is -0.767. The van der Waals surface area contributed by atoms with Crippen molar-refractivity contribution in [3.8, 4) is 11.5 Å². The summed E-state index contributed by atoms with van der Waals surface area (Å²) in [6.07, 6.45) is 7.30. The fourth-order valence-corrected chi connectivity index (χ4v) is 4.25. The van der Waals surface area contributed by atoms with Crippen molar-refractivity contribution in [2.24, 2.45) is 0 Å². The van der Waals surface area contributed by atoms with Crippen molar-refractivity contribution in [2.45, 2.75) is 83.9 Å². The van der Waals surface area contributed by atoms with Gasteiger partial charge in [0.15, 0.2) is 11.5 Å². The van der Waals surface area contributed by atoms with Gasteiger partial charge in [0.1, 0.15) is 11.9 Å². The van der Waals surface area contributed by atoms with Crippen molar-refractivity contribution >= 4 is 23.4 Å². The third-order valence-electron chi connectivity index (χ3n) is 5.53. The molecule has 1 saturated carbocycles. The van der Waals surface area contributed by atoms with Gasteiger partial charge < -0.3 is 19.7 Å². The number of methoxy groups -OCH3 is 1. The third kappa shape index (κ3) is 7.30.